The number of carboxylic acid groups (broad SMARTS) is 1. The van der Waals surface area contributed by atoms with Gasteiger partial charge < -0.3 is 20.3 Å². The van der Waals surface area contributed by atoms with Crippen LogP contribution in [0.2, 0.25) is 0 Å². The summed E-state index contributed by atoms with van der Waals surface area (Å²) < 4.78 is 5.64. The van der Waals surface area contributed by atoms with Crippen molar-refractivity contribution in [1.29, 1.82) is 0 Å². The molecule has 0 spiro atoms. The van der Waals surface area contributed by atoms with Crippen LogP contribution >= 0.6 is 0 Å². The van der Waals surface area contributed by atoms with Crippen molar-refractivity contribution in [2.45, 2.75) is 0 Å². The normalized spacial score (nSPS) is 10.2. The van der Waals surface area contributed by atoms with Gasteiger partial charge in [0.2, 0.25) is 0 Å². The van der Waals surface area contributed by atoms with E-state index in [-0.39, 0.29) is 17.0 Å². The summed E-state index contributed by atoms with van der Waals surface area (Å²) in [5.74, 6) is -0.663. The average Bonchev–Trinajstić information content (AvgIpc) is 2.64. The first-order chi connectivity index (χ1) is 12.5. The van der Waals surface area contributed by atoms with Crippen LogP contribution in [-0.2, 0) is 0 Å². The number of hydrogen-bond donors (Lipinski definition) is 3. The summed E-state index contributed by atoms with van der Waals surface area (Å²) in [5.41, 5.74) is 0.490. The van der Waals surface area contributed by atoms with Gasteiger partial charge in [0.15, 0.2) is 0 Å². The summed E-state index contributed by atoms with van der Waals surface area (Å²) >= 11 is 0. The minimum Gasteiger partial charge on any atom is -0.508 e. The van der Waals surface area contributed by atoms with Crippen molar-refractivity contribution >= 4 is 17.6 Å². The Labute approximate surface area is 149 Å². The van der Waals surface area contributed by atoms with E-state index in [2.05, 4.69) is 5.32 Å². The summed E-state index contributed by atoms with van der Waals surface area (Å²) in [6, 6.07) is 18.9. The first-order valence-electron chi connectivity index (χ1n) is 7.73. The molecule has 0 unspecified atom stereocenters. The standard InChI is InChI=1S/C20H15NO5/c22-14-6-8-15(9-7-14)26-16-10-11-17(20(24)25)18(12-16)21-19(23)13-4-2-1-3-5-13/h1-12,22H,(H,21,23)(H,24,25). The van der Waals surface area contributed by atoms with Gasteiger partial charge in [-0.1, -0.05) is 18.2 Å². The number of nitrogens with one attached hydrogen (secondary N) is 1. The van der Waals surface area contributed by atoms with Gasteiger partial charge in [0.05, 0.1) is 11.3 Å². The Kier molecular flexibility index (Phi) is 4.85. The third-order valence-electron chi connectivity index (χ3n) is 3.58. The number of rotatable bonds is 5. The average molecular weight is 349 g/mol. The number of phenols is 1. The molecule has 0 heterocycles. The van der Waals surface area contributed by atoms with Gasteiger partial charge in [-0.05, 0) is 48.5 Å². The third kappa shape index (κ3) is 3.99. The molecule has 0 fully saturated rings. The van der Waals surface area contributed by atoms with Crippen LogP contribution in [0.5, 0.6) is 17.2 Å². The number of carbonyl (C=O) groups is 2. The van der Waals surface area contributed by atoms with Gasteiger partial charge in [0.1, 0.15) is 17.2 Å². The van der Waals surface area contributed by atoms with Crippen LogP contribution < -0.4 is 10.1 Å². The number of phenolic OH excluding ortho intramolecular Hbond substituents is 1. The SMILES string of the molecule is O=C(Nc1cc(Oc2ccc(O)cc2)ccc1C(=O)O)c1ccccc1. The molecule has 6 nitrogen and oxygen atoms in total. The monoisotopic (exact) mass is 349 g/mol. The van der Waals surface area contributed by atoms with Gasteiger partial charge in [0.25, 0.3) is 5.91 Å². The van der Waals surface area contributed by atoms with E-state index >= 15 is 0 Å². The Balaban J connectivity index is 1.88. The number of aromatic carboxylic acids is 1. The fourth-order valence-corrected chi connectivity index (χ4v) is 2.31. The van der Waals surface area contributed by atoms with Gasteiger partial charge >= 0.3 is 5.97 Å². The van der Waals surface area contributed by atoms with Gasteiger partial charge in [-0.15, -0.1) is 0 Å². The number of aromatic hydroxyl groups is 1. The maximum absolute atomic E-state index is 12.3. The van der Waals surface area contributed by atoms with Crippen molar-refractivity contribution in [1.82, 2.24) is 0 Å². The molecule has 6 heteroatoms. The lowest BCUT2D eigenvalue weighted by Gasteiger charge is -2.12. The molecule has 0 saturated carbocycles. The van der Waals surface area contributed by atoms with Crippen molar-refractivity contribution < 1.29 is 24.5 Å². The highest BCUT2D eigenvalue weighted by atomic mass is 16.5. The summed E-state index contributed by atoms with van der Waals surface area (Å²) in [5, 5.41) is 21.2. The van der Waals surface area contributed by atoms with Crippen molar-refractivity contribution in [2.75, 3.05) is 5.32 Å². The number of anilines is 1. The van der Waals surface area contributed by atoms with Crippen LogP contribution in [0.1, 0.15) is 20.7 Å². The summed E-state index contributed by atoms with van der Waals surface area (Å²) in [6.45, 7) is 0. The molecular formula is C20H15NO5. The molecule has 3 N–H and O–H groups in total. The van der Waals surface area contributed by atoms with Crippen molar-refractivity contribution in [2.24, 2.45) is 0 Å². The predicted molar refractivity (Wildman–Crippen MR) is 96.0 cm³/mol. The first kappa shape index (κ1) is 17.0. The van der Waals surface area contributed by atoms with Crippen LogP contribution in [0, 0.1) is 0 Å². The highest BCUT2D eigenvalue weighted by Gasteiger charge is 2.15. The second-order valence-electron chi connectivity index (χ2n) is 5.43. The van der Waals surface area contributed by atoms with E-state index in [0.29, 0.717) is 17.1 Å². The first-order valence-corrected chi connectivity index (χ1v) is 7.73. The van der Waals surface area contributed by atoms with E-state index in [1.54, 1.807) is 42.5 Å². The zero-order valence-electron chi connectivity index (χ0n) is 13.5. The van der Waals surface area contributed by atoms with E-state index in [0.717, 1.165) is 0 Å². The highest BCUT2D eigenvalue weighted by Crippen LogP contribution is 2.28. The van der Waals surface area contributed by atoms with Crippen molar-refractivity contribution in [3.63, 3.8) is 0 Å². The van der Waals surface area contributed by atoms with E-state index < -0.39 is 11.9 Å². The van der Waals surface area contributed by atoms with Crippen LogP contribution in [0.15, 0.2) is 72.8 Å². The molecule has 1 amide bonds. The minimum atomic E-state index is -1.16. The molecule has 0 atom stereocenters. The molecule has 130 valence electrons. The Morgan fingerprint density at radius 3 is 2.15 bits per heavy atom. The molecule has 3 aromatic carbocycles. The van der Waals surface area contributed by atoms with Gasteiger partial charge in [-0.3, -0.25) is 4.79 Å². The lowest BCUT2D eigenvalue weighted by Crippen LogP contribution is -2.14. The maximum Gasteiger partial charge on any atom is 0.337 e. The van der Waals surface area contributed by atoms with Crippen LogP contribution in [-0.4, -0.2) is 22.1 Å². The lowest BCUT2D eigenvalue weighted by molar-refractivity contribution is 0.0698. The number of amides is 1. The molecule has 0 aliphatic carbocycles. The number of hydrogen-bond acceptors (Lipinski definition) is 4. The quantitative estimate of drug-likeness (QED) is 0.643. The second kappa shape index (κ2) is 7.40. The molecule has 3 rings (SSSR count). The van der Waals surface area contributed by atoms with Gasteiger partial charge in [-0.25, -0.2) is 4.79 Å². The maximum atomic E-state index is 12.3. The summed E-state index contributed by atoms with van der Waals surface area (Å²) in [4.78, 5) is 23.8. The van der Waals surface area contributed by atoms with E-state index in [9.17, 15) is 19.8 Å². The number of benzene rings is 3. The second-order valence-corrected chi connectivity index (χ2v) is 5.43. The summed E-state index contributed by atoms with van der Waals surface area (Å²) in [7, 11) is 0. The zero-order chi connectivity index (χ0) is 18.5. The molecule has 0 aromatic heterocycles. The Morgan fingerprint density at radius 2 is 1.50 bits per heavy atom. The summed E-state index contributed by atoms with van der Waals surface area (Å²) in [6.07, 6.45) is 0. The highest BCUT2D eigenvalue weighted by molar-refractivity contribution is 6.07. The van der Waals surface area contributed by atoms with Crippen LogP contribution in [0.3, 0.4) is 0 Å². The largest absolute Gasteiger partial charge is 0.508 e. The van der Waals surface area contributed by atoms with Gasteiger partial charge in [0, 0.05) is 11.6 Å². The Bertz CT molecular complexity index is 936. The number of carboxylic acids is 1. The lowest BCUT2D eigenvalue weighted by atomic mass is 10.1. The van der Waals surface area contributed by atoms with E-state index in [1.807, 2.05) is 0 Å². The molecule has 3 aromatic rings. The Morgan fingerprint density at radius 1 is 0.846 bits per heavy atom. The molecule has 26 heavy (non-hydrogen) atoms. The Hall–Kier alpha value is -3.80. The van der Waals surface area contributed by atoms with Crippen molar-refractivity contribution in [3.05, 3.63) is 83.9 Å². The molecule has 0 aliphatic heterocycles. The molecule has 0 bridgehead atoms. The van der Waals surface area contributed by atoms with Gasteiger partial charge in [-0.2, -0.15) is 0 Å². The molecule has 0 radical (unpaired) electrons. The fraction of sp³-hybridized carbons (Fsp3) is 0. The van der Waals surface area contributed by atoms with Crippen LogP contribution in [0.25, 0.3) is 0 Å². The molecule has 0 saturated heterocycles. The third-order valence-corrected chi connectivity index (χ3v) is 3.58. The smallest absolute Gasteiger partial charge is 0.337 e. The predicted octanol–water partition coefficient (Wildman–Crippen LogP) is 4.14. The fourth-order valence-electron chi connectivity index (χ4n) is 2.31. The molecule has 0 aliphatic rings. The topological polar surface area (TPSA) is 95.9 Å². The van der Waals surface area contributed by atoms with Crippen molar-refractivity contribution in [3.8, 4) is 17.2 Å². The number of ether oxygens (including phenoxy) is 1. The van der Waals surface area contributed by atoms with Crippen LogP contribution in [0.4, 0.5) is 5.69 Å². The van der Waals surface area contributed by atoms with E-state index in [1.165, 1.54) is 30.3 Å². The zero-order valence-corrected chi connectivity index (χ0v) is 13.5. The van der Waals surface area contributed by atoms with E-state index in [4.69, 9.17) is 4.74 Å². The molecular weight excluding hydrogens is 334 g/mol. The number of carbonyl (C=O) groups excluding carboxylic acids is 1. The minimum absolute atomic E-state index is 0.0488.